The molecule has 15 rings (SSSR count). The number of phenolic OH excluding ortho intramolecular Hbond substituents is 1. The first kappa shape index (κ1) is 60.8. The van der Waals surface area contributed by atoms with E-state index in [2.05, 4.69) is 138 Å². The first-order chi connectivity index (χ1) is 43.9. The number of nitrogens with one attached hydrogen (secondary N) is 2. The van der Waals surface area contributed by atoms with E-state index in [0.717, 1.165) is 40.0 Å². The molecule has 90 heavy (non-hydrogen) atoms. The molecule has 2 spiro atoms. The van der Waals surface area contributed by atoms with Crippen molar-refractivity contribution in [1.82, 2.24) is 10.3 Å². The Morgan fingerprint density at radius 1 is 0.778 bits per heavy atom. The van der Waals surface area contributed by atoms with E-state index in [0.29, 0.717) is 80.2 Å². The second kappa shape index (κ2) is 24.8. The topological polar surface area (TPSA) is 205 Å². The quantitative estimate of drug-likeness (QED) is 0.0455. The number of hydrogen-bond acceptors (Lipinski definition) is 12. The normalized spacial score (nSPS) is 40.7. The highest BCUT2D eigenvalue weighted by molar-refractivity contribution is 8.76. The number of hydrogen-bond donors (Lipinski definition) is 10. The monoisotopic (exact) mass is 1250 g/mol. The fourth-order valence-corrected chi connectivity index (χ4v) is 23.4. The molecule has 4 aromatic rings. The van der Waals surface area contributed by atoms with Gasteiger partial charge in [-0.3, -0.25) is 0 Å². The number of aromatic amines is 1. The van der Waals surface area contributed by atoms with Crippen LogP contribution in [0.25, 0.3) is 0 Å². The Morgan fingerprint density at radius 2 is 1.58 bits per heavy atom. The van der Waals surface area contributed by atoms with E-state index < -0.39 is 65.0 Å². The van der Waals surface area contributed by atoms with Gasteiger partial charge in [0, 0.05) is 107 Å². The molecule has 2 aliphatic heterocycles. The molecule has 474 valence electrons. The van der Waals surface area contributed by atoms with Crippen LogP contribution in [0.5, 0.6) is 11.5 Å². The molecule has 9 aliphatic carbocycles. The van der Waals surface area contributed by atoms with Crippen LogP contribution in [-0.4, -0.2) is 103 Å². The Hall–Kier alpha value is -5.40. The second-order valence-electron chi connectivity index (χ2n) is 28.9. The van der Waals surface area contributed by atoms with Gasteiger partial charge in [0.25, 0.3) is 0 Å². The highest BCUT2D eigenvalue weighted by Gasteiger charge is 2.70. The molecule has 0 radical (unpaired) electrons. The number of phenols is 1. The maximum Gasteiger partial charge on any atom is 0.161 e. The third kappa shape index (κ3) is 10.2. The van der Waals surface area contributed by atoms with Crippen LogP contribution in [0, 0.1) is 93.7 Å². The van der Waals surface area contributed by atoms with Crippen LogP contribution in [0.2, 0.25) is 0 Å². The van der Waals surface area contributed by atoms with Gasteiger partial charge in [0.05, 0.1) is 24.4 Å². The summed E-state index contributed by atoms with van der Waals surface area (Å²) in [6, 6.07) is 28.2. The van der Waals surface area contributed by atoms with Crippen molar-refractivity contribution in [3.05, 3.63) is 190 Å². The van der Waals surface area contributed by atoms with Crippen LogP contribution in [-0.2, 0) is 12.8 Å². The lowest BCUT2D eigenvalue weighted by Crippen LogP contribution is -2.66. The van der Waals surface area contributed by atoms with Crippen LogP contribution in [0.15, 0.2) is 156 Å². The SMILES string of the molecule is CC[C@@H]1Cc2cc(O)c(O[C@H]3C[C@@H](Cc4ccc[nH]4)C4=CCNC(N)=C4CSSC[C@H](CO)[C@@H]3O)cc2[C@@H]2C[C@@H](O)[C@@H]3[C@H](C#C[C@@]45C[C@H](c6ccccc6)[C@@H]6[C@@H]7C=C[C@@H](c8ccccc87)[C@@H]7[C@H]8CCCC[C@H]8C=C[C@@H]7[C@]6(C=C[C@@H]4[C@@H](O)CC[C@@H]3O)[C@H]5CO)C=C12. The summed E-state index contributed by atoms with van der Waals surface area (Å²) in [6.07, 6.45) is 25.7. The Morgan fingerprint density at radius 3 is 2.38 bits per heavy atom. The lowest BCUT2D eigenvalue weighted by molar-refractivity contribution is -0.149. The fraction of sp³-hybridized carbons (Fsp3) is 0.532. The van der Waals surface area contributed by atoms with Gasteiger partial charge in [0.2, 0.25) is 0 Å². The molecule has 3 heterocycles. The lowest BCUT2D eigenvalue weighted by Gasteiger charge is -2.69. The minimum Gasteiger partial charge on any atom is -0.504 e. The third-order valence-corrected chi connectivity index (χ3v) is 27.3. The fourth-order valence-electron chi connectivity index (χ4n) is 20.9. The molecular formula is C77H91N3O8S2. The van der Waals surface area contributed by atoms with E-state index in [1.165, 1.54) is 42.4 Å². The summed E-state index contributed by atoms with van der Waals surface area (Å²) in [7, 11) is 3.26. The summed E-state index contributed by atoms with van der Waals surface area (Å²) in [4.78, 5) is 3.40. The summed E-state index contributed by atoms with van der Waals surface area (Å²) >= 11 is 0. The summed E-state index contributed by atoms with van der Waals surface area (Å²) < 4.78 is 7.06. The predicted molar refractivity (Wildman–Crippen MR) is 357 cm³/mol. The highest BCUT2D eigenvalue weighted by Crippen LogP contribution is 2.75. The Kier molecular flexibility index (Phi) is 16.8. The van der Waals surface area contributed by atoms with Crippen molar-refractivity contribution in [2.24, 2.45) is 87.6 Å². The summed E-state index contributed by atoms with van der Waals surface area (Å²) in [6.45, 7) is 2.44. The Labute approximate surface area is 539 Å². The molecule has 1 saturated heterocycles. The first-order valence-electron chi connectivity index (χ1n) is 34.1. The predicted octanol–water partition coefficient (Wildman–Crippen LogP) is 11.5. The average molecular weight is 1250 g/mol. The van der Waals surface area contributed by atoms with Gasteiger partial charge in [-0.05, 0) is 169 Å². The van der Waals surface area contributed by atoms with Gasteiger partial charge >= 0.3 is 0 Å². The van der Waals surface area contributed by atoms with Crippen molar-refractivity contribution in [3.63, 3.8) is 0 Å². The zero-order valence-electron chi connectivity index (χ0n) is 51.8. The van der Waals surface area contributed by atoms with E-state index in [9.17, 15) is 35.7 Å². The van der Waals surface area contributed by atoms with E-state index in [1.54, 1.807) is 21.6 Å². The number of dihydropyridines is 1. The minimum absolute atomic E-state index is 0.00594. The van der Waals surface area contributed by atoms with E-state index in [4.69, 9.17) is 10.5 Å². The molecule has 11 nitrogen and oxygen atoms in total. The molecule has 11 aliphatic rings. The molecule has 4 bridgehead atoms. The zero-order chi connectivity index (χ0) is 61.6. The van der Waals surface area contributed by atoms with Gasteiger partial charge in [-0.25, -0.2) is 0 Å². The van der Waals surface area contributed by atoms with Gasteiger partial charge in [-0.1, -0.05) is 162 Å². The van der Waals surface area contributed by atoms with E-state index in [1.807, 2.05) is 24.4 Å². The van der Waals surface area contributed by atoms with Crippen molar-refractivity contribution in [3.8, 4) is 23.3 Å². The van der Waals surface area contributed by atoms with Crippen molar-refractivity contribution in [2.75, 3.05) is 31.3 Å². The summed E-state index contributed by atoms with van der Waals surface area (Å²) in [5.74, 6) is 8.96. The molecule has 3 fully saturated rings. The number of fused-ring (bicyclic) bond motifs is 10. The van der Waals surface area contributed by atoms with Crippen LogP contribution in [0.1, 0.15) is 128 Å². The average Bonchev–Trinajstić information content (AvgIpc) is 0.717. The van der Waals surface area contributed by atoms with Crippen LogP contribution >= 0.6 is 21.6 Å². The smallest absolute Gasteiger partial charge is 0.161 e. The maximum atomic E-state index is 13.1. The number of aliphatic hydroxyl groups is 6. The van der Waals surface area contributed by atoms with Gasteiger partial charge in [-0.15, -0.1) is 0 Å². The molecule has 0 amide bonds. The summed E-state index contributed by atoms with van der Waals surface area (Å²) in [5.41, 5.74) is 15.7. The number of aromatic nitrogens is 1. The van der Waals surface area contributed by atoms with Gasteiger partial charge in [0.15, 0.2) is 11.5 Å². The number of ether oxygens (including phenoxy) is 1. The van der Waals surface area contributed by atoms with Crippen molar-refractivity contribution >= 4 is 21.6 Å². The molecule has 3 aromatic carbocycles. The number of aromatic hydroxyl groups is 1. The molecule has 0 unspecified atom stereocenters. The Balaban J connectivity index is 0.852. The van der Waals surface area contributed by atoms with Crippen LogP contribution in [0.4, 0.5) is 0 Å². The van der Waals surface area contributed by atoms with E-state index in [-0.39, 0.29) is 84.4 Å². The molecule has 2 saturated carbocycles. The molecule has 13 heteroatoms. The third-order valence-electron chi connectivity index (χ3n) is 24.9. The molecular weight excluding hydrogens is 1160 g/mol. The largest absolute Gasteiger partial charge is 0.504 e. The molecule has 23 atom stereocenters. The van der Waals surface area contributed by atoms with Gasteiger partial charge < -0.3 is 56.5 Å². The van der Waals surface area contributed by atoms with Crippen LogP contribution < -0.4 is 15.8 Å². The number of rotatable bonds is 8. The molecule has 1 aromatic heterocycles. The lowest BCUT2D eigenvalue weighted by atomic mass is 9.34. The number of H-pyrrole nitrogens is 1. The second-order valence-corrected chi connectivity index (χ2v) is 31.4. The maximum absolute atomic E-state index is 13.1. The van der Waals surface area contributed by atoms with Gasteiger partial charge in [0.1, 0.15) is 11.9 Å². The highest BCUT2D eigenvalue weighted by atomic mass is 33.1. The standard InChI is InChI=1S/C77H91N3O8S2/c1-2-43-31-47-34-66(85)68(88-69-35-48(32-50-14-10-29-79-50)51-26-30-80-75(78)61(51)42-90-89-41-49(39-81)74(69)87)37-58(47)59-36-67(86)71-46(33-57(43)59)24-27-76-38-60(44-11-4-3-5-12-44)73-56-20-19-55(53-16-8-9-17-54(53)56)72-52-15-7-6-13-45(52)18-21-63(72)77(73,70(76)40-82)28-25-62(76)64(83)22-23-65(71)84/h3-5,8-12,14,16-21,25-26,28-29,33-34,37,43,45-46,48-49,52,55-56,59-60,62-65,67,69-74,79-87H,2,6-7,13,15,22-23,30-32,35-36,38-42,78H2,1H3/t43-,45+,46-,48-,49+,52+,55+,56-,59-,60-,62-,63+,64+,65+,67-,69+,70+,71-,72+,73+,74+,76-,77-/m1/s1. The number of allylic oxidation sites excluding steroid dienone is 8. The number of aliphatic hydroxyl groups excluding tert-OH is 6. The van der Waals surface area contributed by atoms with E-state index >= 15 is 0 Å². The number of benzene rings is 3. The molecule has 11 N–H and O–H groups in total. The number of nitrogens with two attached hydrogens (primary N) is 1. The minimum atomic E-state index is -1.09. The van der Waals surface area contributed by atoms with Gasteiger partial charge in [-0.2, -0.15) is 0 Å². The van der Waals surface area contributed by atoms with Crippen molar-refractivity contribution < 1.29 is 40.5 Å². The van der Waals surface area contributed by atoms with Crippen LogP contribution in [0.3, 0.4) is 0 Å². The Bertz CT molecular complexity index is 3570. The summed E-state index contributed by atoms with van der Waals surface area (Å²) in [5, 5.41) is 90.5. The van der Waals surface area contributed by atoms with Crippen molar-refractivity contribution in [1.29, 1.82) is 0 Å². The van der Waals surface area contributed by atoms with Crippen molar-refractivity contribution in [2.45, 2.75) is 138 Å². The first-order valence-corrected chi connectivity index (χ1v) is 36.6. The zero-order valence-corrected chi connectivity index (χ0v) is 53.4.